The summed E-state index contributed by atoms with van der Waals surface area (Å²) in [4.78, 5) is 0. The molecule has 21 heavy (non-hydrogen) atoms. The van der Waals surface area contributed by atoms with E-state index in [1.807, 2.05) is 13.8 Å². The summed E-state index contributed by atoms with van der Waals surface area (Å²) in [5, 5.41) is 3.24. The number of rotatable bonds is 3. The Morgan fingerprint density at radius 3 is 2.38 bits per heavy atom. The van der Waals surface area contributed by atoms with Crippen LogP contribution in [-0.2, 0) is 6.18 Å². The average Bonchev–Trinajstić information content (AvgIpc) is 2.35. The number of halogens is 3. The van der Waals surface area contributed by atoms with Crippen LogP contribution in [0.4, 0.5) is 18.9 Å². The molecule has 1 heterocycles. The first-order valence-electron chi connectivity index (χ1n) is 7.33. The quantitative estimate of drug-likeness (QED) is 0.853. The van der Waals surface area contributed by atoms with E-state index < -0.39 is 11.7 Å². The SMILES string of the molecule is CC(C)CC1Oc2ccc(C(F)(F)F)cc2NC1C(C)C. The van der Waals surface area contributed by atoms with Gasteiger partial charge in [-0.05, 0) is 36.5 Å². The number of anilines is 1. The fourth-order valence-electron chi connectivity index (χ4n) is 2.69. The Morgan fingerprint density at radius 1 is 1.19 bits per heavy atom. The summed E-state index contributed by atoms with van der Waals surface area (Å²) in [5.74, 6) is 1.25. The monoisotopic (exact) mass is 301 g/mol. The third-order valence-corrected chi connectivity index (χ3v) is 3.73. The van der Waals surface area contributed by atoms with Crippen molar-refractivity contribution in [2.75, 3.05) is 5.32 Å². The van der Waals surface area contributed by atoms with Gasteiger partial charge in [-0.1, -0.05) is 27.7 Å². The van der Waals surface area contributed by atoms with E-state index in [1.165, 1.54) is 6.07 Å². The summed E-state index contributed by atoms with van der Waals surface area (Å²) in [6, 6.07) is 3.64. The topological polar surface area (TPSA) is 21.3 Å². The minimum Gasteiger partial charge on any atom is -0.486 e. The minimum absolute atomic E-state index is 0.0170. The van der Waals surface area contributed by atoms with E-state index >= 15 is 0 Å². The highest BCUT2D eigenvalue weighted by atomic mass is 19.4. The van der Waals surface area contributed by atoms with Crippen molar-refractivity contribution in [3.05, 3.63) is 23.8 Å². The zero-order chi connectivity index (χ0) is 15.8. The van der Waals surface area contributed by atoms with Crippen molar-refractivity contribution in [2.45, 2.75) is 52.4 Å². The zero-order valence-corrected chi connectivity index (χ0v) is 12.8. The van der Waals surface area contributed by atoms with Crippen LogP contribution in [0.2, 0.25) is 0 Å². The molecule has 2 rings (SSSR count). The number of nitrogens with one attached hydrogen (secondary N) is 1. The van der Waals surface area contributed by atoms with Crippen LogP contribution < -0.4 is 10.1 Å². The van der Waals surface area contributed by atoms with Crippen molar-refractivity contribution in [1.29, 1.82) is 0 Å². The Hall–Kier alpha value is -1.39. The van der Waals surface area contributed by atoms with Gasteiger partial charge < -0.3 is 10.1 Å². The van der Waals surface area contributed by atoms with Gasteiger partial charge in [0.25, 0.3) is 0 Å². The molecule has 0 amide bonds. The summed E-state index contributed by atoms with van der Waals surface area (Å²) in [6.07, 6.45) is -3.48. The van der Waals surface area contributed by atoms with E-state index in [1.54, 1.807) is 0 Å². The molecule has 1 aliphatic rings. The fraction of sp³-hybridized carbons (Fsp3) is 0.625. The van der Waals surface area contributed by atoms with Gasteiger partial charge in [-0.3, -0.25) is 0 Å². The molecule has 0 saturated carbocycles. The largest absolute Gasteiger partial charge is 0.486 e. The molecule has 0 aromatic heterocycles. The lowest BCUT2D eigenvalue weighted by atomic mass is 9.90. The van der Waals surface area contributed by atoms with Crippen LogP contribution in [0.25, 0.3) is 0 Å². The Labute approximate surface area is 123 Å². The number of hydrogen-bond acceptors (Lipinski definition) is 2. The molecule has 1 aromatic carbocycles. The first kappa shape index (κ1) is 16.0. The molecular weight excluding hydrogens is 279 g/mol. The van der Waals surface area contributed by atoms with Crippen molar-refractivity contribution in [2.24, 2.45) is 11.8 Å². The molecular formula is C16H22F3NO. The second-order valence-corrected chi connectivity index (χ2v) is 6.41. The first-order valence-corrected chi connectivity index (χ1v) is 7.33. The van der Waals surface area contributed by atoms with Gasteiger partial charge >= 0.3 is 6.18 Å². The smallest absolute Gasteiger partial charge is 0.416 e. The maximum atomic E-state index is 12.8. The fourth-order valence-corrected chi connectivity index (χ4v) is 2.69. The third kappa shape index (κ3) is 3.63. The summed E-state index contributed by atoms with van der Waals surface area (Å²) in [7, 11) is 0. The van der Waals surface area contributed by atoms with Crippen LogP contribution in [0, 0.1) is 11.8 Å². The average molecular weight is 301 g/mol. The molecule has 1 aromatic rings. The van der Waals surface area contributed by atoms with Crippen LogP contribution in [0.3, 0.4) is 0 Å². The molecule has 2 nitrogen and oxygen atoms in total. The molecule has 5 heteroatoms. The van der Waals surface area contributed by atoms with Gasteiger partial charge in [0.15, 0.2) is 0 Å². The van der Waals surface area contributed by atoms with E-state index in [4.69, 9.17) is 4.74 Å². The zero-order valence-electron chi connectivity index (χ0n) is 12.8. The molecule has 0 spiro atoms. The lowest BCUT2D eigenvalue weighted by Gasteiger charge is -2.38. The summed E-state index contributed by atoms with van der Waals surface area (Å²) in [5.41, 5.74) is -0.217. The third-order valence-electron chi connectivity index (χ3n) is 3.73. The van der Waals surface area contributed by atoms with Gasteiger partial charge in [0, 0.05) is 0 Å². The van der Waals surface area contributed by atoms with Gasteiger partial charge in [0.1, 0.15) is 11.9 Å². The van der Waals surface area contributed by atoms with E-state index in [0.717, 1.165) is 18.6 Å². The van der Waals surface area contributed by atoms with E-state index in [2.05, 4.69) is 19.2 Å². The molecule has 2 unspecified atom stereocenters. The van der Waals surface area contributed by atoms with Gasteiger partial charge in [-0.15, -0.1) is 0 Å². The van der Waals surface area contributed by atoms with E-state index in [9.17, 15) is 13.2 Å². The number of ether oxygens (including phenoxy) is 1. The first-order chi connectivity index (χ1) is 9.68. The van der Waals surface area contributed by atoms with Crippen molar-refractivity contribution < 1.29 is 17.9 Å². The van der Waals surface area contributed by atoms with Crippen LogP contribution in [0.15, 0.2) is 18.2 Å². The second-order valence-electron chi connectivity index (χ2n) is 6.41. The summed E-state index contributed by atoms with van der Waals surface area (Å²) in [6.45, 7) is 8.33. The predicted molar refractivity (Wildman–Crippen MR) is 77.6 cm³/mol. The summed E-state index contributed by atoms with van der Waals surface area (Å²) >= 11 is 0. The highest BCUT2D eigenvalue weighted by Gasteiger charge is 2.35. The molecule has 0 aliphatic carbocycles. The van der Waals surface area contributed by atoms with E-state index in [-0.39, 0.29) is 18.1 Å². The van der Waals surface area contributed by atoms with Gasteiger partial charge in [-0.25, -0.2) is 0 Å². The van der Waals surface area contributed by atoms with Crippen molar-refractivity contribution in [3.8, 4) is 5.75 Å². The van der Waals surface area contributed by atoms with Crippen LogP contribution in [0.5, 0.6) is 5.75 Å². The van der Waals surface area contributed by atoms with Crippen molar-refractivity contribution in [1.82, 2.24) is 0 Å². The van der Waals surface area contributed by atoms with Gasteiger partial charge in [0.2, 0.25) is 0 Å². The Kier molecular flexibility index (Phi) is 4.40. The maximum Gasteiger partial charge on any atom is 0.416 e. The Morgan fingerprint density at radius 2 is 1.86 bits per heavy atom. The number of fused-ring (bicyclic) bond motifs is 1. The molecule has 118 valence electrons. The van der Waals surface area contributed by atoms with Gasteiger partial charge in [-0.2, -0.15) is 13.2 Å². The highest BCUT2D eigenvalue weighted by Crippen LogP contribution is 2.39. The lowest BCUT2D eigenvalue weighted by Crippen LogP contribution is -2.45. The maximum absolute atomic E-state index is 12.8. The number of hydrogen-bond donors (Lipinski definition) is 1. The normalized spacial score (nSPS) is 22.0. The molecule has 0 fully saturated rings. The highest BCUT2D eigenvalue weighted by molar-refractivity contribution is 5.61. The van der Waals surface area contributed by atoms with Crippen LogP contribution >= 0.6 is 0 Å². The molecule has 1 N–H and O–H groups in total. The van der Waals surface area contributed by atoms with Gasteiger partial charge in [0.05, 0.1) is 17.3 Å². The van der Waals surface area contributed by atoms with Crippen LogP contribution in [0.1, 0.15) is 39.7 Å². The van der Waals surface area contributed by atoms with Crippen molar-refractivity contribution in [3.63, 3.8) is 0 Å². The Bertz CT molecular complexity index is 497. The second kappa shape index (κ2) is 5.78. The number of alkyl halides is 3. The minimum atomic E-state index is -4.33. The molecule has 0 saturated heterocycles. The molecule has 1 aliphatic heterocycles. The molecule has 2 atom stereocenters. The lowest BCUT2D eigenvalue weighted by molar-refractivity contribution is -0.137. The number of benzene rings is 1. The van der Waals surface area contributed by atoms with Crippen molar-refractivity contribution >= 4 is 5.69 Å². The summed E-state index contributed by atoms with van der Waals surface area (Å²) < 4.78 is 44.3. The molecule has 0 radical (unpaired) electrons. The van der Waals surface area contributed by atoms with Crippen LogP contribution in [-0.4, -0.2) is 12.1 Å². The van der Waals surface area contributed by atoms with E-state index in [0.29, 0.717) is 17.4 Å². The Balaban J connectivity index is 2.31. The predicted octanol–water partition coefficient (Wildman–Crippen LogP) is 4.95. The molecule has 0 bridgehead atoms. The standard InChI is InChI=1S/C16H22F3NO/c1-9(2)7-14-15(10(3)4)20-12-8-11(16(17,18)19)5-6-13(12)21-14/h5-6,8-10,14-15,20H,7H2,1-4H3.